The van der Waals surface area contributed by atoms with E-state index in [2.05, 4.69) is 25.8 Å². The van der Waals surface area contributed by atoms with E-state index in [1.54, 1.807) is 6.07 Å². The summed E-state index contributed by atoms with van der Waals surface area (Å²) in [5.74, 6) is 0.110. The highest BCUT2D eigenvalue weighted by atomic mass is 35.5. The molecule has 4 aromatic rings. The maximum absolute atomic E-state index is 13.6. The van der Waals surface area contributed by atoms with Crippen LogP contribution in [0.4, 0.5) is 11.4 Å². The van der Waals surface area contributed by atoms with Crippen LogP contribution < -0.4 is 16.0 Å². The molecule has 7 rings (SSSR count). The third kappa shape index (κ3) is 5.51. The van der Waals surface area contributed by atoms with Crippen molar-refractivity contribution in [3.63, 3.8) is 0 Å². The van der Waals surface area contributed by atoms with Crippen LogP contribution in [-0.4, -0.2) is 67.2 Å². The minimum atomic E-state index is -0.324. The number of anilines is 2. The number of carbonyl (C=O) groups excluding carboxylic acids is 2. The van der Waals surface area contributed by atoms with Gasteiger partial charge in [0.2, 0.25) is 0 Å². The summed E-state index contributed by atoms with van der Waals surface area (Å²) >= 11 is 6.91. The van der Waals surface area contributed by atoms with E-state index in [0.717, 1.165) is 84.8 Å². The Morgan fingerprint density at radius 2 is 1.57 bits per heavy atom. The molecule has 2 aromatic carbocycles. The summed E-state index contributed by atoms with van der Waals surface area (Å²) in [5, 5.41) is 19.5. The molecule has 12 heteroatoms. The second kappa shape index (κ2) is 12.0. The number of aromatic nitrogens is 4. The number of benzene rings is 2. The van der Waals surface area contributed by atoms with E-state index >= 15 is 0 Å². The molecule has 4 N–H and O–H groups in total. The van der Waals surface area contributed by atoms with E-state index < -0.39 is 0 Å². The minimum absolute atomic E-state index is 0.0410. The molecule has 46 heavy (non-hydrogen) atoms. The molecule has 0 radical (unpaired) electrons. The number of imidazole rings is 2. The van der Waals surface area contributed by atoms with Gasteiger partial charge in [0.05, 0.1) is 22.1 Å². The van der Waals surface area contributed by atoms with Crippen molar-refractivity contribution in [2.24, 2.45) is 19.5 Å². The lowest BCUT2D eigenvalue weighted by atomic mass is 9.98. The van der Waals surface area contributed by atoms with Gasteiger partial charge in [-0.3, -0.25) is 14.5 Å². The normalized spacial score (nSPS) is 16.9. The van der Waals surface area contributed by atoms with Crippen LogP contribution in [0.1, 0.15) is 62.4 Å². The fourth-order valence-corrected chi connectivity index (χ4v) is 7.13. The zero-order chi connectivity index (χ0) is 32.2. The summed E-state index contributed by atoms with van der Waals surface area (Å²) in [6.07, 6.45) is 3.76. The lowest BCUT2D eigenvalue weighted by Gasteiger charge is -2.29. The number of fused-ring (bicyclic) bond motifs is 2. The Bertz CT molecular complexity index is 1860. The fraction of sp³-hybridized carbons (Fsp3) is 0.412. The van der Waals surface area contributed by atoms with Crippen LogP contribution in [0.25, 0.3) is 11.1 Å². The molecule has 240 valence electrons. The summed E-state index contributed by atoms with van der Waals surface area (Å²) in [6.45, 7) is 6.09. The van der Waals surface area contributed by atoms with Crippen molar-refractivity contribution < 1.29 is 14.7 Å². The van der Waals surface area contributed by atoms with Crippen molar-refractivity contribution in [2.75, 3.05) is 36.9 Å². The van der Waals surface area contributed by atoms with Gasteiger partial charge in [-0.15, -0.1) is 0 Å². The molecule has 3 aliphatic rings. The lowest BCUT2D eigenvalue weighted by molar-refractivity contribution is 0.100. The van der Waals surface area contributed by atoms with Gasteiger partial charge in [-0.25, -0.2) is 9.97 Å². The van der Waals surface area contributed by atoms with E-state index in [1.165, 1.54) is 0 Å². The van der Waals surface area contributed by atoms with E-state index in [-0.39, 0.29) is 23.8 Å². The van der Waals surface area contributed by atoms with Crippen LogP contribution in [0.3, 0.4) is 0 Å². The van der Waals surface area contributed by atoms with Gasteiger partial charge in [0.1, 0.15) is 0 Å². The molecule has 1 saturated carbocycles. The zero-order valence-electron chi connectivity index (χ0n) is 26.4. The van der Waals surface area contributed by atoms with E-state index in [9.17, 15) is 14.7 Å². The highest BCUT2D eigenvalue weighted by molar-refractivity contribution is 6.36. The van der Waals surface area contributed by atoms with Crippen LogP contribution in [0, 0.1) is 12.3 Å². The number of hydrogen-bond donors (Lipinski definition) is 4. The Kier molecular flexibility index (Phi) is 7.96. The monoisotopic (exact) mass is 642 g/mol. The van der Waals surface area contributed by atoms with Gasteiger partial charge in [0.15, 0.2) is 11.6 Å². The number of rotatable bonds is 8. The third-order valence-electron chi connectivity index (χ3n) is 9.84. The molecule has 0 unspecified atom stereocenters. The molecule has 0 spiro atoms. The van der Waals surface area contributed by atoms with Gasteiger partial charge in [0.25, 0.3) is 11.8 Å². The number of amides is 2. The van der Waals surface area contributed by atoms with Crippen molar-refractivity contribution >= 4 is 34.8 Å². The van der Waals surface area contributed by atoms with Gasteiger partial charge in [-0.1, -0.05) is 35.9 Å². The van der Waals surface area contributed by atoms with Crippen molar-refractivity contribution in [3.8, 4) is 11.1 Å². The Morgan fingerprint density at radius 3 is 2.24 bits per heavy atom. The lowest BCUT2D eigenvalue weighted by Crippen LogP contribution is -2.36. The largest absolute Gasteiger partial charge is 0.396 e. The first-order valence-corrected chi connectivity index (χ1v) is 16.2. The van der Waals surface area contributed by atoms with Crippen molar-refractivity contribution in [1.82, 2.24) is 29.3 Å². The minimum Gasteiger partial charge on any atom is -0.396 e. The molecule has 1 fully saturated rings. The Labute approximate surface area is 273 Å². The predicted molar refractivity (Wildman–Crippen MR) is 177 cm³/mol. The van der Waals surface area contributed by atoms with Gasteiger partial charge < -0.3 is 30.2 Å². The molecular weight excluding hydrogens is 604 g/mol. The summed E-state index contributed by atoms with van der Waals surface area (Å²) in [4.78, 5) is 38.5. The van der Waals surface area contributed by atoms with Gasteiger partial charge in [0, 0.05) is 94.3 Å². The summed E-state index contributed by atoms with van der Waals surface area (Å²) in [7, 11) is 3.76. The second-order valence-corrected chi connectivity index (χ2v) is 13.3. The quantitative estimate of drug-likeness (QED) is 0.228. The van der Waals surface area contributed by atoms with Crippen LogP contribution in [0.2, 0.25) is 5.02 Å². The van der Waals surface area contributed by atoms with Crippen molar-refractivity contribution in [1.29, 1.82) is 0 Å². The average molecular weight is 643 g/mol. The van der Waals surface area contributed by atoms with Crippen LogP contribution in [0.5, 0.6) is 0 Å². The first-order valence-electron chi connectivity index (χ1n) is 15.8. The molecule has 2 aromatic heterocycles. The molecule has 2 amide bonds. The molecule has 0 atom stereocenters. The maximum Gasteiger partial charge on any atom is 0.291 e. The second-order valence-electron chi connectivity index (χ2n) is 12.9. The van der Waals surface area contributed by atoms with Crippen LogP contribution in [-0.2, 0) is 40.0 Å². The van der Waals surface area contributed by atoms with Crippen LogP contribution in [0.15, 0.2) is 36.4 Å². The maximum atomic E-state index is 13.6. The van der Waals surface area contributed by atoms with E-state index in [4.69, 9.17) is 16.6 Å². The molecule has 1 aliphatic carbocycles. The Morgan fingerprint density at radius 1 is 0.935 bits per heavy atom. The van der Waals surface area contributed by atoms with E-state index in [0.29, 0.717) is 41.1 Å². The number of nitrogens with one attached hydrogen (secondary N) is 3. The highest BCUT2D eigenvalue weighted by Crippen LogP contribution is 2.46. The molecule has 2 aliphatic heterocycles. The van der Waals surface area contributed by atoms with Gasteiger partial charge in [-0.2, -0.15) is 0 Å². The Hall–Kier alpha value is -4.03. The Balaban J connectivity index is 1.09. The topological polar surface area (TPSA) is 129 Å². The molecule has 11 nitrogen and oxygen atoms in total. The molecule has 4 heterocycles. The zero-order valence-corrected chi connectivity index (χ0v) is 27.2. The fourth-order valence-electron chi connectivity index (χ4n) is 6.85. The van der Waals surface area contributed by atoms with Crippen molar-refractivity contribution in [2.45, 2.75) is 45.7 Å². The van der Waals surface area contributed by atoms with Crippen LogP contribution >= 0.6 is 11.6 Å². The average Bonchev–Trinajstić information content (AvgIpc) is 3.64. The number of aliphatic hydroxyl groups excluding tert-OH is 1. The smallest absolute Gasteiger partial charge is 0.291 e. The first-order chi connectivity index (χ1) is 22.2. The van der Waals surface area contributed by atoms with Gasteiger partial charge in [-0.05, 0) is 43.0 Å². The summed E-state index contributed by atoms with van der Waals surface area (Å²) < 4.78 is 3.76. The number of nitrogens with zero attached hydrogens (tertiary/aromatic N) is 5. The van der Waals surface area contributed by atoms with E-state index in [1.807, 2.05) is 60.5 Å². The first kappa shape index (κ1) is 30.6. The number of aliphatic hydroxyl groups is 1. The molecule has 0 saturated heterocycles. The molecule has 0 bridgehead atoms. The number of halogens is 1. The number of hydrogen-bond acceptors (Lipinski definition) is 7. The number of carbonyl (C=O) groups is 2. The highest BCUT2D eigenvalue weighted by Gasteiger charge is 2.44. The third-order valence-corrected chi connectivity index (χ3v) is 10.2. The van der Waals surface area contributed by atoms with Crippen molar-refractivity contribution in [3.05, 3.63) is 81.4 Å². The standard InChI is InChI=1S/C34H39ClN8O3/c1-20-21(22-7-5-9-24(29(22)35)40-33(46)30-37-25-16-36-14-10-27(25)41(30)2)6-4-8-23(20)39-32(45)31-38-26-17-43(15-11-28(26)42(31)3)18-34(19-44)12-13-34/h4-9,36,44H,10-19H2,1-3H3,(H,39,45)(H,40,46). The van der Waals surface area contributed by atoms with Gasteiger partial charge >= 0.3 is 0 Å². The summed E-state index contributed by atoms with van der Waals surface area (Å²) in [5.41, 5.74) is 7.55. The summed E-state index contributed by atoms with van der Waals surface area (Å²) in [6, 6.07) is 11.2. The molecular formula is C34H39ClN8O3. The predicted octanol–water partition coefficient (Wildman–Crippen LogP) is 4.06. The SMILES string of the molecule is Cc1c(NC(=O)c2nc3c(n2C)CCN(CC2(CO)CC2)C3)cccc1-c1cccc(NC(=O)c2nc3c(n2C)CCNC3)c1Cl.